The number of rotatable bonds is 4. The van der Waals surface area contributed by atoms with Crippen LogP contribution in [0.3, 0.4) is 0 Å². The van der Waals surface area contributed by atoms with E-state index in [-0.39, 0.29) is 33.3 Å². The van der Waals surface area contributed by atoms with Gasteiger partial charge in [0.25, 0.3) is 0 Å². The van der Waals surface area contributed by atoms with Gasteiger partial charge in [0.15, 0.2) is 0 Å². The number of benzene rings is 1. The van der Waals surface area contributed by atoms with Gasteiger partial charge in [0, 0.05) is 19.6 Å². The number of ether oxygens (including phenoxy) is 1. The molecule has 1 fully saturated rings. The number of halogens is 2. The molecule has 0 spiro atoms. The van der Waals surface area contributed by atoms with Crippen molar-refractivity contribution in [1.29, 1.82) is 0 Å². The SMILES string of the molecule is CN1CCOC(CNS(=O)(=O)c2ccc(Cl)c(N)c2Cl)C1. The van der Waals surface area contributed by atoms with E-state index in [1.54, 1.807) is 0 Å². The molecule has 0 aromatic heterocycles. The Bertz CT molecular complexity index is 624. The summed E-state index contributed by atoms with van der Waals surface area (Å²) in [5, 5.41) is 0.146. The van der Waals surface area contributed by atoms with E-state index in [9.17, 15) is 8.42 Å². The molecule has 0 aliphatic carbocycles. The fourth-order valence-electron chi connectivity index (χ4n) is 2.03. The highest BCUT2D eigenvalue weighted by atomic mass is 35.5. The van der Waals surface area contributed by atoms with Crippen molar-refractivity contribution in [2.24, 2.45) is 0 Å². The van der Waals surface area contributed by atoms with Crippen LogP contribution in [0, 0.1) is 0 Å². The third-order valence-corrected chi connectivity index (χ3v) is 5.54. The average molecular weight is 354 g/mol. The highest BCUT2D eigenvalue weighted by Gasteiger charge is 2.24. The molecule has 1 aliphatic heterocycles. The van der Waals surface area contributed by atoms with Crippen molar-refractivity contribution in [2.75, 3.05) is 39.0 Å². The van der Waals surface area contributed by atoms with Crippen molar-refractivity contribution in [3.8, 4) is 0 Å². The Kier molecular flexibility index (Phi) is 5.34. The number of hydrogen-bond acceptors (Lipinski definition) is 5. The van der Waals surface area contributed by atoms with Crippen molar-refractivity contribution in [3.63, 3.8) is 0 Å². The minimum absolute atomic E-state index is 0.0508. The van der Waals surface area contributed by atoms with Gasteiger partial charge in [-0.05, 0) is 19.2 Å². The van der Waals surface area contributed by atoms with Crippen LogP contribution in [0.4, 0.5) is 5.69 Å². The van der Waals surface area contributed by atoms with Crippen LogP contribution in [0.2, 0.25) is 10.0 Å². The molecular weight excluding hydrogens is 337 g/mol. The van der Waals surface area contributed by atoms with E-state index in [4.69, 9.17) is 33.7 Å². The van der Waals surface area contributed by atoms with Crippen LogP contribution in [0.25, 0.3) is 0 Å². The van der Waals surface area contributed by atoms with Crippen molar-refractivity contribution in [3.05, 3.63) is 22.2 Å². The molecule has 0 amide bonds. The highest BCUT2D eigenvalue weighted by Crippen LogP contribution is 2.32. The molecule has 1 atom stereocenters. The third-order valence-electron chi connectivity index (χ3n) is 3.22. The molecule has 1 heterocycles. The second-order valence-electron chi connectivity index (χ2n) is 4.88. The van der Waals surface area contributed by atoms with Gasteiger partial charge in [0.1, 0.15) is 4.90 Å². The van der Waals surface area contributed by atoms with Crippen LogP contribution >= 0.6 is 23.2 Å². The Morgan fingerprint density at radius 3 is 2.86 bits per heavy atom. The van der Waals surface area contributed by atoms with E-state index in [0.717, 1.165) is 6.54 Å². The molecule has 2 rings (SSSR count). The first kappa shape index (κ1) is 16.8. The molecule has 1 saturated heterocycles. The third kappa shape index (κ3) is 4.00. The first-order valence-electron chi connectivity index (χ1n) is 6.34. The minimum atomic E-state index is -3.77. The van der Waals surface area contributed by atoms with Crippen LogP contribution in [0.5, 0.6) is 0 Å². The molecule has 0 radical (unpaired) electrons. The van der Waals surface area contributed by atoms with E-state index < -0.39 is 10.0 Å². The zero-order valence-corrected chi connectivity index (χ0v) is 13.8. The van der Waals surface area contributed by atoms with Crippen molar-refractivity contribution >= 4 is 38.9 Å². The van der Waals surface area contributed by atoms with Crippen LogP contribution in [-0.2, 0) is 14.8 Å². The highest BCUT2D eigenvalue weighted by molar-refractivity contribution is 7.89. The van der Waals surface area contributed by atoms with Crippen LogP contribution < -0.4 is 10.5 Å². The smallest absolute Gasteiger partial charge is 0.242 e. The summed E-state index contributed by atoms with van der Waals surface area (Å²) in [6.45, 7) is 2.25. The minimum Gasteiger partial charge on any atom is -0.396 e. The van der Waals surface area contributed by atoms with Gasteiger partial charge in [-0.15, -0.1) is 0 Å². The number of sulfonamides is 1. The lowest BCUT2D eigenvalue weighted by Crippen LogP contribution is -2.45. The molecule has 21 heavy (non-hydrogen) atoms. The lowest BCUT2D eigenvalue weighted by molar-refractivity contribution is -0.0156. The first-order valence-corrected chi connectivity index (χ1v) is 8.58. The van der Waals surface area contributed by atoms with E-state index in [1.807, 2.05) is 7.05 Å². The number of anilines is 1. The van der Waals surface area contributed by atoms with Gasteiger partial charge >= 0.3 is 0 Å². The van der Waals surface area contributed by atoms with Gasteiger partial charge in [0.2, 0.25) is 10.0 Å². The van der Waals surface area contributed by atoms with Gasteiger partial charge in [-0.2, -0.15) is 0 Å². The second kappa shape index (κ2) is 6.68. The Balaban J connectivity index is 2.10. The summed E-state index contributed by atoms with van der Waals surface area (Å²) >= 11 is 11.8. The first-order chi connectivity index (χ1) is 9.81. The maximum atomic E-state index is 12.3. The van der Waals surface area contributed by atoms with Crippen molar-refractivity contribution < 1.29 is 13.2 Å². The fraction of sp³-hybridized carbons (Fsp3) is 0.500. The predicted octanol–water partition coefficient (Wildman–Crippen LogP) is 1.18. The van der Waals surface area contributed by atoms with Crippen molar-refractivity contribution in [2.45, 2.75) is 11.0 Å². The number of nitrogens with one attached hydrogen (secondary N) is 1. The number of hydrogen-bond donors (Lipinski definition) is 2. The number of nitrogen functional groups attached to an aromatic ring is 1. The summed E-state index contributed by atoms with van der Waals surface area (Å²) < 4.78 is 32.6. The van der Waals surface area contributed by atoms with Crippen LogP contribution in [-0.4, -0.2) is 52.7 Å². The summed E-state index contributed by atoms with van der Waals surface area (Å²) in [7, 11) is -1.81. The van der Waals surface area contributed by atoms with Gasteiger partial charge in [-0.3, -0.25) is 0 Å². The lowest BCUT2D eigenvalue weighted by atomic mass is 10.3. The lowest BCUT2D eigenvalue weighted by Gasteiger charge is -2.30. The zero-order chi connectivity index (χ0) is 15.6. The van der Waals surface area contributed by atoms with Gasteiger partial charge < -0.3 is 15.4 Å². The molecule has 1 aromatic rings. The van der Waals surface area contributed by atoms with Crippen LogP contribution in [0.1, 0.15) is 0 Å². The topological polar surface area (TPSA) is 84.7 Å². The second-order valence-corrected chi connectivity index (χ2v) is 7.40. The molecule has 0 bridgehead atoms. The molecule has 1 unspecified atom stereocenters. The standard InChI is InChI=1S/C12H17Cl2N3O3S/c1-17-4-5-20-8(7-17)6-16-21(18,19)10-3-2-9(13)12(15)11(10)14/h2-3,8,16H,4-7,15H2,1H3. The Morgan fingerprint density at radius 1 is 1.48 bits per heavy atom. The normalized spacial score (nSPS) is 20.6. The Morgan fingerprint density at radius 2 is 2.19 bits per heavy atom. The quantitative estimate of drug-likeness (QED) is 0.794. The maximum absolute atomic E-state index is 12.3. The number of nitrogens with zero attached hydrogens (tertiary/aromatic N) is 1. The Hall–Kier alpha value is -0.570. The predicted molar refractivity (Wildman–Crippen MR) is 83.3 cm³/mol. The largest absolute Gasteiger partial charge is 0.396 e. The van der Waals surface area contributed by atoms with Gasteiger partial charge in [-0.1, -0.05) is 23.2 Å². The molecule has 0 saturated carbocycles. The number of morpholine rings is 1. The zero-order valence-electron chi connectivity index (χ0n) is 11.5. The summed E-state index contributed by atoms with van der Waals surface area (Å²) in [4.78, 5) is 1.99. The molecule has 9 heteroatoms. The summed E-state index contributed by atoms with van der Waals surface area (Å²) in [5.41, 5.74) is 5.70. The monoisotopic (exact) mass is 353 g/mol. The summed E-state index contributed by atoms with van der Waals surface area (Å²) in [6.07, 6.45) is -0.193. The molecule has 1 aliphatic rings. The Labute approximate surface area is 134 Å². The molecular formula is C12H17Cl2N3O3S. The summed E-state index contributed by atoms with van der Waals surface area (Å²) in [5.74, 6) is 0. The maximum Gasteiger partial charge on any atom is 0.242 e. The average Bonchev–Trinajstić information content (AvgIpc) is 2.43. The van der Waals surface area contributed by atoms with Crippen molar-refractivity contribution in [1.82, 2.24) is 9.62 Å². The fourth-order valence-corrected chi connectivity index (χ4v) is 3.86. The van der Waals surface area contributed by atoms with E-state index >= 15 is 0 Å². The molecule has 6 nitrogen and oxygen atoms in total. The van der Waals surface area contributed by atoms with Gasteiger partial charge in [-0.25, -0.2) is 13.1 Å². The number of nitrogens with two attached hydrogens (primary N) is 1. The molecule has 1 aromatic carbocycles. The number of likely N-dealkylation sites (N-methyl/N-ethyl adjacent to an activating group) is 1. The molecule has 3 N–H and O–H groups in total. The van der Waals surface area contributed by atoms with Crippen LogP contribution in [0.15, 0.2) is 17.0 Å². The van der Waals surface area contributed by atoms with E-state index in [1.165, 1.54) is 12.1 Å². The molecule has 118 valence electrons. The summed E-state index contributed by atoms with van der Waals surface area (Å²) in [6, 6.07) is 2.74. The van der Waals surface area contributed by atoms with Gasteiger partial charge in [0.05, 0.1) is 28.4 Å². The van der Waals surface area contributed by atoms with E-state index in [2.05, 4.69) is 9.62 Å². The van der Waals surface area contributed by atoms with E-state index in [0.29, 0.717) is 13.2 Å².